The van der Waals surface area contributed by atoms with Crippen LogP contribution in [0.4, 0.5) is 0 Å². The topological polar surface area (TPSA) is 84.8 Å². The molecule has 0 saturated carbocycles. The molecule has 0 unspecified atom stereocenters. The zero-order chi connectivity index (χ0) is 19.3. The highest BCUT2D eigenvalue weighted by molar-refractivity contribution is 5.93. The van der Waals surface area contributed by atoms with Crippen molar-refractivity contribution in [1.29, 1.82) is 0 Å². The Morgan fingerprint density at radius 1 is 1.07 bits per heavy atom. The number of rotatable bonds is 8. The average Bonchev–Trinajstić information content (AvgIpc) is 3.34. The van der Waals surface area contributed by atoms with Crippen LogP contribution >= 0.6 is 0 Å². The molecule has 144 valence electrons. The smallest absolute Gasteiger partial charge is 0.195 e. The lowest BCUT2D eigenvalue weighted by molar-refractivity contribution is 0.281. The van der Waals surface area contributed by atoms with Gasteiger partial charge in [-0.15, -0.1) is 10.2 Å². The Balaban J connectivity index is 1.55. The van der Waals surface area contributed by atoms with Gasteiger partial charge in [0.15, 0.2) is 5.82 Å². The summed E-state index contributed by atoms with van der Waals surface area (Å²) in [5.74, 6) is 1.47. The molecule has 0 radical (unpaired) electrons. The molecule has 4 aromatic rings. The van der Waals surface area contributed by atoms with Crippen LogP contribution in [-0.4, -0.2) is 62.6 Å². The van der Waals surface area contributed by atoms with Gasteiger partial charge >= 0.3 is 0 Å². The summed E-state index contributed by atoms with van der Waals surface area (Å²) in [7, 11) is 4.13. The van der Waals surface area contributed by atoms with Gasteiger partial charge in [-0.2, -0.15) is 10.3 Å². The van der Waals surface area contributed by atoms with E-state index in [9.17, 15) is 0 Å². The molecule has 0 fully saturated rings. The van der Waals surface area contributed by atoms with E-state index in [1.807, 2.05) is 35.0 Å². The molecule has 1 N–H and O–H groups in total. The summed E-state index contributed by atoms with van der Waals surface area (Å²) in [6.07, 6.45) is 1.000. The van der Waals surface area contributed by atoms with E-state index >= 15 is 0 Å². The van der Waals surface area contributed by atoms with Crippen molar-refractivity contribution in [3.8, 4) is 17.0 Å². The average molecular weight is 377 g/mol. The fourth-order valence-corrected chi connectivity index (χ4v) is 3.12. The van der Waals surface area contributed by atoms with Crippen LogP contribution in [0.3, 0.4) is 0 Å². The molecule has 28 heavy (non-hydrogen) atoms. The molecule has 0 saturated heterocycles. The number of tetrazole rings is 1. The number of hydrogen-bond donors (Lipinski definition) is 1. The minimum atomic E-state index is 0.462. The second-order valence-corrected chi connectivity index (χ2v) is 6.88. The number of benzene rings is 2. The number of nitrogens with one attached hydrogen (secondary N) is 1. The third kappa shape index (κ3) is 4.01. The summed E-state index contributed by atoms with van der Waals surface area (Å²) in [5.41, 5.74) is 3.01. The summed E-state index contributed by atoms with van der Waals surface area (Å²) in [5, 5.41) is 20.1. The zero-order valence-electron chi connectivity index (χ0n) is 16.0. The molecular formula is C20H23N7O. The Morgan fingerprint density at radius 2 is 1.89 bits per heavy atom. The predicted octanol–water partition coefficient (Wildman–Crippen LogP) is 2.60. The Bertz CT molecular complexity index is 1020. The van der Waals surface area contributed by atoms with E-state index in [-0.39, 0.29) is 0 Å². The Morgan fingerprint density at radius 3 is 2.64 bits per heavy atom. The summed E-state index contributed by atoms with van der Waals surface area (Å²) < 4.78 is 7.73. The summed E-state index contributed by atoms with van der Waals surface area (Å²) in [6.45, 7) is 2.19. The van der Waals surface area contributed by atoms with Crippen LogP contribution in [-0.2, 0) is 6.54 Å². The normalized spacial score (nSPS) is 11.4. The molecule has 8 nitrogen and oxygen atoms in total. The molecule has 2 heterocycles. The van der Waals surface area contributed by atoms with Gasteiger partial charge in [-0.25, -0.2) is 0 Å². The summed E-state index contributed by atoms with van der Waals surface area (Å²) in [4.78, 5) is 2.16. The lowest BCUT2D eigenvalue weighted by Crippen LogP contribution is -2.15. The van der Waals surface area contributed by atoms with E-state index < -0.39 is 0 Å². The van der Waals surface area contributed by atoms with Crippen LogP contribution < -0.4 is 4.74 Å². The molecule has 4 rings (SSSR count). The molecule has 0 amide bonds. The zero-order valence-corrected chi connectivity index (χ0v) is 16.0. The van der Waals surface area contributed by atoms with Crippen LogP contribution in [0.25, 0.3) is 22.2 Å². The van der Waals surface area contributed by atoms with Crippen molar-refractivity contribution >= 4 is 10.9 Å². The van der Waals surface area contributed by atoms with Crippen LogP contribution in [0.2, 0.25) is 0 Å². The van der Waals surface area contributed by atoms with Crippen LogP contribution in [0.15, 0.2) is 48.5 Å². The van der Waals surface area contributed by atoms with Gasteiger partial charge in [0.2, 0.25) is 0 Å². The minimum absolute atomic E-state index is 0.462. The highest BCUT2D eigenvalue weighted by atomic mass is 16.5. The largest absolute Gasteiger partial charge is 0.494 e. The van der Waals surface area contributed by atoms with Gasteiger partial charge in [-0.1, -0.05) is 23.4 Å². The number of aromatic nitrogens is 6. The van der Waals surface area contributed by atoms with Gasteiger partial charge in [0.05, 0.1) is 12.1 Å². The van der Waals surface area contributed by atoms with Crippen LogP contribution in [0, 0.1) is 0 Å². The van der Waals surface area contributed by atoms with E-state index in [4.69, 9.17) is 9.84 Å². The maximum atomic E-state index is 5.83. The minimum Gasteiger partial charge on any atom is -0.494 e. The third-order valence-electron chi connectivity index (χ3n) is 4.48. The van der Waals surface area contributed by atoms with Crippen molar-refractivity contribution in [2.45, 2.75) is 13.0 Å². The maximum Gasteiger partial charge on any atom is 0.195 e. The van der Waals surface area contributed by atoms with Crippen LogP contribution in [0.1, 0.15) is 12.2 Å². The Labute approximate surface area is 163 Å². The highest BCUT2D eigenvalue weighted by Gasteiger charge is 2.13. The fraction of sp³-hybridized carbons (Fsp3) is 0.300. The van der Waals surface area contributed by atoms with E-state index in [1.165, 1.54) is 0 Å². The number of fused-ring (bicyclic) bond motifs is 1. The quantitative estimate of drug-likeness (QED) is 0.475. The van der Waals surface area contributed by atoms with E-state index in [0.29, 0.717) is 19.0 Å². The molecule has 0 aliphatic carbocycles. The number of hydrogen-bond acceptors (Lipinski definition) is 6. The molecule has 0 aliphatic heterocycles. The van der Waals surface area contributed by atoms with Gasteiger partial charge in [0.25, 0.3) is 0 Å². The van der Waals surface area contributed by atoms with Gasteiger partial charge in [-0.05, 0) is 50.8 Å². The first kappa shape index (κ1) is 18.1. The fourth-order valence-electron chi connectivity index (χ4n) is 3.12. The van der Waals surface area contributed by atoms with Crippen molar-refractivity contribution in [1.82, 2.24) is 35.3 Å². The monoisotopic (exact) mass is 377 g/mol. The number of ether oxygens (including phenoxy) is 1. The molecular weight excluding hydrogens is 354 g/mol. The number of H-pyrrole nitrogens is 1. The van der Waals surface area contributed by atoms with Crippen molar-refractivity contribution in [3.63, 3.8) is 0 Å². The van der Waals surface area contributed by atoms with Crippen molar-refractivity contribution < 1.29 is 4.74 Å². The second-order valence-electron chi connectivity index (χ2n) is 6.88. The van der Waals surface area contributed by atoms with Gasteiger partial charge in [0.1, 0.15) is 18.0 Å². The van der Waals surface area contributed by atoms with Crippen molar-refractivity contribution in [3.05, 3.63) is 54.4 Å². The molecule has 2 aromatic heterocycles. The summed E-state index contributed by atoms with van der Waals surface area (Å²) in [6, 6.07) is 16.3. The molecule has 0 aliphatic rings. The standard InChI is InChI=1S/C20H23N7O/c1-26(2)12-5-13-28-16-10-8-15(9-11-16)20-17-6-3-4-7-18(17)27(23-20)14-19-21-24-25-22-19/h3-4,6-11H,5,12-14H2,1-2H3,(H,21,22,24,25). The first-order valence-corrected chi connectivity index (χ1v) is 9.26. The number of para-hydroxylation sites is 1. The first-order valence-electron chi connectivity index (χ1n) is 9.26. The summed E-state index contributed by atoms with van der Waals surface area (Å²) >= 11 is 0. The second kappa shape index (κ2) is 8.18. The lowest BCUT2D eigenvalue weighted by atomic mass is 10.1. The van der Waals surface area contributed by atoms with Gasteiger partial charge < -0.3 is 9.64 Å². The molecule has 0 atom stereocenters. The molecule has 0 bridgehead atoms. The maximum absolute atomic E-state index is 5.83. The van der Waals surface area contributed by atoms with Crippen LogP contribution in [0.5, 0.6) is 5.75 Å². The predicted molar refractivity (Wildman–Crippen MR) is 107 cm³/mol. The van der Waals surface area contributed by atoms with Crippen molar-refractivity contribution in [2.75, 3.05) is 27.2 Å². The Kier molecular flexibility index (Phi) is 5.29. The number of nitrogens with zero attached hydrogens (tertiary/aromatic N) is 6. The molecule has 2 aromatic carbocycles. The Hall–Kier alpha value is -3.26. The molecule has 8 heteroatoms. The van der Waals surface area contributed by atoms with Gasteiger partial charge in [0, 0.05) is 17.5 Å². The molecule has 0 spiro atoms. The van der Waals surface area contributed by atoms with Gasteiger partial charge in [-0.3, -0.25) is 4.68 Å². The van der Waals surface area contributed by atoms with E-state index in [0.717, 1.165) is 40.9 Å². The highest BCUT2D eigenvalue weighted by Crippen LogP contribution is 2.29. The lowest BCUT2D eigenvalue weighted by Gasteiger charge is -2.10. The van der Waals surface area contributed by atoms with E-state index in [1.54, 1.807) is 0 Å². The SMILES string of the molecule is CN(C)CCCOc1ccc(-c2nn(Cc3nn[nH]n3)c3ccccc23)cc1. The number of aromatic amines is 1. The first-order chi connectivity index (χ1) is 13.7. The third-order valence-corrected chi connectivity index (χ3v) is 4.48. The van der Waals surface area contributed by atoms with E-state index in [2.05, 4.69) is 57.8 Å². The van der Waals surface area contributed by atoms with Crippen molar-refractivity contribution in [2.24, 2.45) is 0 Å².